The Morgan fingerprint density at radius 3 is 3.21 bits per heavy atom. The molecule has 1 fully saturated rings. The maximum atomic E-state index is 11.4. The van der Waals surface area contributed by atoms with Crippen LogP contribution in [0.15, 0.2) is 12.7 Å². The molecule has 0 aromatic heterocycles. The minimum atomic E-state index is -0.389. The number of nitrogens with zero attached hydrogens (tertiary/aromatic N) is 1. The molecule has 1 atom stereocenters. The lowest BCUT2D eigenvalue weighted by molar-refractivity contribution is -0.112. The van der Waals surface area contributed by atoms with Gasteiger partial charge in [-0.1, -0.05) is 12.7 Å². The minimum Gasteiger partial charge on any atom is -0.445 e. The summed E-state index contributed by atoms with van der Waals surface area (Å²) in [5, 5.41) is 0. The molecule has 5 nitrogen and oxygen atoms in total. The van der Waals surface area contributed by atoms with E-state index in [1.165, 1.54) is 18.1 Å². The highest BCUT2D eigenvalue weighted by Crippen LogP contribution is 2.08. The fraction of sp³-hybridized carbons (Fsp3) is 0.667. The van der Waals surface area contributed by atoms with Crippen LogP contribution in [0.2, 0.25) is 0 Å². The normalized spacial score (nSPS) is 21.8. The smallest absolute Gasteiger partial charge is 0.412 e. The summed E-state index contributed by atoms with van der Waals surface area (Å²) in [6, 6.07) is 0. The highest BCUT2D eigenvalue weighted by Gasteiger charge is 2.27. The van der Waals surface area contributed by atoms with Crippen LogP contribution in [0.3, 0.4) is 0 Å². The number of rotatable bonds is 3. The maximum Gasteiger partial charge on any atom is 0.412 e. The number of amides is 1. The number of morpholine rings is 1. The lowest BCUT2D eigenvalue weighted by atomic mass is 10.4. The van der Waals surface area contributed by atoms with Crippen molar-refractivity contribution in [2.45, 2.75) is 6.23 Å². The Labute approximate surface area is 83.2 Å². The van der Waals surface area contributed by atoms with E-state index < -0.39 is 0 Å². The van der Waals surface area contributed by atoms with Gasteiger partial charge < -0.3 is 14.2 Å². The van der Waals surface area contributed by atoms with Crippen LogP contribution in [0.25, 0.3) is 0 Å². The number of carbonyl (C=O) groups is 1. The molecular formula is C9H15NO4. The predicted molar refractivity (Wildman–Crippen MR) is 49.9 cm³/mol. The maximum absolute atomic E-state index is 11.4. The summed E-state index contributed by atoms with van der Waals surface area (Å²) < 4.78 is 15.1. The lowest BCUT2D eigenvalue weighted by Crippen LogP contribution is -2.49. The molecule has 0 radical (unpaired) electrons. The second-order valence-corrected chi connectivity index (χ2v) is 2.82. The third-order valence-corrected chi connectivity index (χ3v) is 1.92. The van der Waals surface area contributed by atoms with Crippen LogP contribution in [-0.4, -0.2) is 50.7 Å². The number of hydrogen-bond donors (Lipinski definition) is 0. The van der Waals surface area contributed by atoms with Crippen molar-refractivity contribution in [2.24, 2.45) is 0 Å². The van der Waals surface area contributed by atoms with Gasteiger partial charge in [-0.2, -0.15) is 0 Å². The highest BCUT2D eigenvalue weighted by atomic mass is 16.6. The van der Waals surface area contributed by atoms with E-state index >= 15 is 0 Å². The van der Waals surface area contributed by atoms with Gasteiger partial charge in [-0.05, 0) is 0 Å². The van der Waals surface area contributed by atoms with Gasteiger partial charge in [-0.3, -0.25) is 4.90 Å². The van der Waals surface area contributed by atoms with Gasteiger partial charge in [0.15, 0.2) is 6.23 Å². The van der Waals surface area contributed by atoms with E-state index in [1.807, 2.05) is 0 Å². The summed E-state index contributed by atoms with van der Waals surface area (Å²) in [4.78, 5) is 13.0. The molecule has 0 aliphatic carbocycles. The topological polar surface area (TPSA) is 48.0 Å². The molecule has 14 heavy (non-hydrogen) atoms. The second kappa shape index (κ2) is 5.62. The standard InChI is InChI=1S/C9H15NO4/c1-3-5-14-9(11)10-4-6-13-7-8(10)12-2/h3,8H,1,4-7H2,2H3. The van der Waals surface area contributed by atoms with E-state index in [9.17, 15) is 4.79 Å². The monoisotopic (exact) mass is 201 g/mol. The van der Waals surface area contributed by atoms with Crippen LogP contribution in [0.5, 0.6) is 0 Å². The molecule has 1 heterocycles. The molecule has 5 heteroatoms. The average Bonchev–Trinajstić information content (AvgIpc) is 2.25. The van der Waals surface area contributed by atoms with Gasteiger partial charge in [-0.25, -0.2) is 4.79 Å². The summed E-state index contributed by atoms with van der Waals surface area (Å²) in [7, 11) is 1.53. The Hall–Kier alpha value is -1.07. The first-order valence-corrected chi connectivity index (χ1v) is 4.44. The fourth-order valence-corrected chi connectivity index (χ4v) is 1.20. The molecule has 1 rings (SSSR count). The van der Waals surface area contributed by atoms with Crippen molar-refractivity contribution in [3.05, 3.63) is 12.7 Å². The fourth-order valence-electron chi connectivity index (χ4n) is 1.20. The van der Waals surface area contributed by atoms with Crippen LogP contribution < -0.4 is 0 Å². The average molecular weight is 201 g/mol. The third kappa shape index (κ3) is 2.71. The SMILES string of the molecule is C=CCOC(=O)N1CCOCC1OC. The van der Waals surface area contributed by atoms with E-state index in [-0.39, 0.29) is 18.9 Å². The quantitative estimate of drug-likeness (QED) is 0.628. The van der Waals surface area contributed by atoms with Crippen molar-refractivity contribution in [1.29, 1.82) is 0 Å². The third-order valence-electron chi connectivity index (χ3n) is 1.92. The minimum absolute atomic E-state index is 0.215. The largest absolute Gasteiger partial charge is 0.445 e. The molecule has 0 saturated carbocycles. The van der Waals surface area contributed by atoms with Gasteiger partial charge in [0.05, 0.1) is 19.8 Å². The number of ether oxygens (including phenoxy) is 3. The molecular weight excluding hydrogens is 186 g/mol. The Morgan fingerprint density at radius 1 is 1.79 bits per heavy atom. The lowest BCUT2D eigenvalue weighted by Gasteiger charge is -2.33. The van der Waals surface area contributed by atoms with E-state index in [0.29, 0.717) is 19.8 Å². The molecule has 0 N–H and O–H groups in total. The number of carbonyl (C=O) groups excluding carboxylic acids is 1. The Kier molecular flexibility index (Phi) is 4.42. The summed E-state index contributed by atoms with van der Waals surface area (Å²) in [6.45, 7) is 5.08. The zero-order valence-electron chi connectivity index (χ0n) is 8.27. The van der Waals surface area contributed by atoms with E-state index in [0.717, 1.165) is 0 Å². The van der Waals surface area contributed by atoms with Crippen LogP contribution in [0.1, 0.15) is 0 Å². The van der Waals surface area contributed by atoms with E-state index in [1.54, 1.807) is 0 Å². The first-order chi connectivity index (χ1) is 6.79. The highest BCUT2D eigenvalue weighted by molar-refractivity contribution is 5.68. The zero-order valence-corrected chi connectivity index (χ0v) is 8.27. The molecule has 0 spiro atoms. The molecule has 1 aliphatic rings. The van der Waals surface area contributed by atoms with Gasteiger partial charge in [0.2, 0.25) is 0 Å². The molecule has 1 unspecified atom stereocenters. The van der Waals surface area contributed by atoms with Crippen molar-refractivity contribution < 1.29 is 19.0 Å². The molecule has 1 amide bonds. The number of methoxy groups -OCH3 is 1. The molecule has 0 aromatic rings. The molecule has 0 aromatic carbocycles. The van der Waals surface area contributed by atoms with Gasteiger partial charge in [-0.15, -0.1) is 0 Å². The first kappa shape index (κ1) is 11.0. The zero-order chi connectivity index (χ0) is 10.4. The Bertz CT molecular complexity index is 207. The summed E-state index contributed by atoms with van der Waals surface area (Å²) in [6.07, 6.45) is 0.793. The second-order valence-electron chi connectivity index (χ2n) is 2.82. The first-order valence-electron chi connectivity index (χ1n) is 4.44. The van der Waals surface area contributed by atoms with Crippen molar-refractivity contribution in [1.82, 2.24) is 4.90 Å². The molecule has 1 saturated heterocycles. The van der Waals surface area contributed by atoms with Crippen LogP contribution in [0.4, 0.5) is 4.79 Å². The predicted octanol–water partition coefficient (Wildman–Crippen LogP) is 0.614. The Balaban J connectivity index is 2.45. The van der Waals surface area contributed by atoms with Crippen LogP contribution in [0, 0.1) is 0 Å². The van der Waals surface area contributed by atoms with E-state index in [4.69, 9.17) is 14.2 Å². The van der Waals surface area contributed by atoms with Crippen LogP contribution in [-0.2, 0) is 14.2 Å². The summed E-state index contributed by atoms with van der Waals surface area (Å²) in [5.41, 5.74) is 0. The Morgan fingerprint density at radius 2 is 2.57 bits per heavy atom. The van der Waals surface area contributed by atoms with Gasteiger partial charge in [0.1, 0.15) is 6.61 Å². The molecule has 1 aliphatic heterocycles. The van der Waals surface area contributed by atoms with Crippen molar-refractivity contribution in [2.75, 3.05) is 33.5 Å². The van der Waals surface area contributed by atoms with Crippen molar-refractivity contribution in [3.63, 3.8) is 0 Å². The van der Waals surface area contributed by atoms with Gasteiger partial charge >= 0.3 is 6.09 Å². The molecule has 80 valence electrons. The van der Waals surface area contributed by atoms with E-state index in [2.05, 4.69) is 6.58 Å². The molecule has 0 bridgehead atoms. The summed E-state index contributed by atoms with van der Waals surface area (Å²) in [5.74, 6) is 0. The summed E-state index contributed by atoms with van der Waals surface area (Å²) >= 11 is 0. The van der Waals surface area contributed by atoms with Crippen molar-refractivity contribution >= 4 is 6.09 Å². The van der Waals surface area contributed by atoms with Crippen LogP contribution >= 0.6 is 0 Å². The van der Waals surface area contributed by atoms with Gasteiger partial charge in [0.25, 0.3) is 0 Å². The van der Waals surface area contributed by atoms with Gasteiger partial charge in [0, 0.05) is 7.11 Å². The van der Waals surface area contributed by atoms with Crippen molar-refractivity contribution in [3.8, 4) is 0 Å². The number of hydrogen-bond acceptors (Lipinski definition) is 4.